The summed E-state index contributed by atoms with van der Waals surface area (Å²) in [5.74, 6) is -1.27. The molecule has 1 rings (SSSR count). The van der Waals surface area contributed by atoms with Crippen molar-refractivity contribution in [1.29, 1.82) is 0 Å². The molecule has 9 nitrogen and oxygen atoms in total. The van der Waals surface area contributed by atoms with Crippen molar-refractivity contribution in [2.45, 2.75) is 19.9 Å². The van der Waals surface area contributed by atoms with Crippen molar-refractivity contribution in [3.8, 4) is 11.5 Å². The van der Waals surface area contributed by atoms with Gasteiger partial charge in [0, 0.05) is 12.1 Å². The maximum absolute atomic E-state index is 12.0. The highest BCUT2D eigenvalue weighted by Crippen LogP contribution is 2.34. The summed E-state index contributed by atoms with van der Waals surface area (Å²) in [5.41, 5.74) is -0.832. The molecule has 1 N–H and O–H groups in total. The van der Waals surface area contributed by atoms with Crippen LogP contribution in [0.5, 0.6) is 11.5 Å². The first-order chi connectivity index (χ1) is 10.8. The number of nitro benzene ring substituents is 1. The third-order valence-corrected chi connectivity index (χ3v) is 2.70. The van der Waals surface area contributed by atoms with E-state index >= 15 is 0 Å². The number of amides is 1. The Balaban J connectivity index is 3.03. The highest BCUT2D eigenvalue weighted by Gasteiger charge is 2.26. The minimum atomic E-state index is -1.00. The standard InChI is InChI=1S/C14H18N2O7/c1-8(2)15-13(17)7-23-14(18)9-5-11(21-3)12(22-4)6-10(9)16(19)20/h5-6,8H,7H2,1-4H3,(H,15,17). The van der Waals surface area contributed by atoms with Crippen LogP contribution in [0.15, 0.2) is 12.1 Å². The lowest BCUT2D eigenvalue weighted by molar-refractivity contribution is -0.385. The van der Waals surface area contributed by atoms with Gasteiger partial charge in [0.25, 0.3) is 11.6 Å². The maximum atomic E-state index is 12.0. The van der Waals surface area contributed by atoms with Gasteiger partial charge < -0.3 is 19.5 Å². The van der Waals surface area contributed by atoms with E-state index in [-0.39, 0.29) is 23.1 Å². The van der Waals surface area contributed by atoms with Crippen LogP contribution in [0, 0.1) is 10.1 Å². The summed E-state index contributed by atoms with van der Waals surface area (Å²) in [7, 11) is 2.64. The number of benzene rings is 1. The van der Waals surface area contributed by atoms with Crippen LogP contribution in [0.3, 0.4) is 0 Å². The molecule has 0 radical (unpaired) electrons. The molecule has 0 saturated carbocycles. The lowest BCUT2D eigenvalue weighted by atomic mass is 10.1. The Labute approximate surface area is 132 Å². The SMILES string of the molecule is COc1cc(C(=O)OCC(=O)NC(C)C)c([N+](=O)[O-])cc1OC. The van der Waals surface area contributed by atoms with Crippen LogP contribution >= 0.6 is 0 Å². The highest BCUT2D eigenvalue weighted by molar-refractivity contribution is 5.96. The molecule has 1 amide bonds. The number of esters is 1. The highest BCUT2D eigenvalue weighted by atomic mass is 16.6. The number of ether oxygens (including phenoxy) is 3. The summed E-state index contributed by atoms with van der Waals surface area (Å²) >= 11 is 0. The zero-order chi connectivity index (χ0) is 17.6. The summed E-state index contributed by atoms with van der Waals surface area (Å²) in [6.45, 7) is 2.96. The van der Waals surface area contributed by atoms with E-state index in [4.69, 9.17) is 14.2 Å². The Bertz CT molecular complexity index is 613. The molecule has 0 saturated heterocycles. The summed E-state index contributed by atoms with van der Waals surface area (Å²) in [4.78, 5) is 33.8. The van der Waals surface area contributed by atoms with Gasteiger partial charge in [-0.1, -0.05) is 0 Å². The second-order valence-corrected chi connectivity index (χ2v) is 4.78. The largest absolute Gasteiger partial charge is 0.493 e. The second-order valence-electron chi connectivity index (χ2n) is 4.78. The van der Waals surface area contributed by atoms with Gasteiger partial charge >= 0.3 is 5.97 Å². The summed E-state index contributed by atoms with van der Waals surface area (Å²) in [6.07, 6.45) is 0. The minimum Gasteiger partial charge on any atom is -0.493 e. The second kappa shape index (κ2) is 7.97. The molecule has 0 aromatic heterocycles. The predicted octanol–water partition coefficient (Wildman–Crippen LogP) is 1.29. The normalized spacial score (nSPS) is 10.1. The fraction of sp³-hybridized carbons (Fsp3) is 0.429. The van der Waals surface area contributed by atoms with Crippen LogP contribution in [0.2, 0.25) is 0 Å². The molecule has 23 heavy (non-hydrogen) atoms. The first-order valence-electron chi connectivity index (χ1n) is 6.67. The Morgan fingerprint density at radius 1 is 1.22 bits per heavy atom. The number of nitrogens with one attached hydrogen (secondary N) is 1. The third-order valence-electron chi connectivity index (χ3n) is 2.70. The number of hydrogen-bond donors (Lipinski definition) is 1. The quantitative estimate of drug-likeness (QED) is 0.456. The van der Waals surface area contributed by atoms with E-state index < -0.39 is 29.1 Å². The van der Waals surface area contributed by atoms with Gasteiger partial charge in [0.15, 0.2) is 18.1 Å². The van der Waals surface area contributed by atoms with Gasteiger partial charge in [-0.15, -0.1) is 0 Å². The van der Waals surface area contributed by atoms with Gasteiger partial charge in [0.2, 0.25) is 0 Å². The van der Waals surface area contributed by atoms with Crippen LogP contribution in [-0.4, -0.2) is 43.7 Å². The van der Waals surface area contributed by atoms with Crippen LogP contribution in [0.25, 0.3) is 0 Å². The third kappa shape index (κ3) is 4.83. The van der Waals surface area contributed by atoms with E-state index in [1.165, 1.54) is 14.2 Å². The fourth-order valence-corrected chi connectivity index (χ4v) is 1.76. The van der Waals surface area contributed by atoms with Gasteiger partial charge in [-0.05, 0) is 13.8 Å². The molecule has 1 aromatic carbocycles. The number of nitrogens with zero attached hydrogens (tertiary/aromatic N) is 1. The lowest BCUT2D eigenvalue weighted by Gasteiger charge is -2.11. The summed E-state index contributed by atoms with van der Waals surface area (Å²) in [6, 6.07) is 2.08. The molecule has 126 valence electrons. The van der Waals surface area contributed by atoms with Crippen molar-refractivity contribution in [2.75, 3.05) is 20.8 Å². The molecule has 0 fully saturated rings. The first kappa shape index (κ1) is 18.2. The smallest absolute Gasteiger partial charge is 0.345 e. The van der Waals surface area contributed by atoms with Crippen molar-refractivity contribution in [3.05, 3.63) is 27.8 Å². The molecular formula is C14H18N2O7. The molecule has 0 atom stereocenters. The van der Waals surface area contributed by atoms with Crippen molar-refractivity contribution in [3.63, 3.8) is 0 Å². The van der Waals surface area contributed by atoms with E-state index in [9.17, 15) is 19.7 Å². The molecule has 0 heterocycles. The summed E-state index contributed by atoms with van der Waals surface area (Å²) in [5, 5.41) is 13.6. The lowest BCUT2D eigenvalue weighted by Crippen LogP contribution is -2.34. The van der Waals surface area contributed by atoms with Crippen LogP contribution in [0.4, 0.5) is 5.69 Å². The molecule has 0 aliphatic carbocycles. The van der Waals surface area contributed by atoms with Gasteiger partial charge in [-0.3, -0.25) is 14.9 Å². The van der Waals surface area contributed by atoms with E-state index in [1.54, 1.807) is 13.8 Å². The van der Waals surface area contributed by atoms with E-state index in [0.29, 0.717) is 0 Å². The molecule has 0 aliphatic heterocycles. The zero-order valence-electron chi connectivity index (χ0n) is 13.2. The van der Waals surface area contributed by atoms with E-state index in [0.717, 1.165) is 12.1 Å². The van der Waals surface area contributed by atoms with E-state index in [1.807, 2.05) is 0 Å². The van der Waals surface area contributed by atoms with E-state index in [2.05, 4.69) is 5.32 Å². The molecular weight excluding hydrogens is 308 g/mol. The molecule has 0 spiro atoms. The topological polar surface area (TPSA) is 117 Å². The predicted molar refractivity (Wildman–Crippen MR) is 79.8 cm³/mol. The van der Waals surface area contributed by atoms with Crippen molar-refractivity contribution in [2.24, 2.45) is 0 Å². The number of rotatable bonds is 7. The molecule has 1 aromatic rings. The molecule has 0 aliphatic rings. The average molecular weight is 326 g/mol. The van der Waals surface area contributed by atoms with Crippen LogP contribution < -0.4 is 14.8 Å². The maximum Gasteiger partial charge on any atom is 0.345 e. The Kier molecular flexibility index (Phi) is 6.31. The Hall–Kier alpha value is -2.84. The zero-order valence-corrected chi connectivity index (χ0v) is 13.2. The Morgan fingerprint density at radius 2 is 1.78 bits per heavy atom. The number of carbonyl (C=O) groups excluding carboxylic acids is 2. The molecule has 0 bridgehead atoms. The number of carbonyl (C=O) groups is 2. The van der Waals surface area contributed by atoms with Gasteiger partial charge in [0.05, 0.1) is 25.2 Å². The first-order valence-corrected chi connectivity index (χ1v) is 6.67. The number of nitro groups is 1. The summed E-state index contributed by atoms with van der Waals surface area (Å²) < 4.78 is 14.8. The van der Waals surface area contributed by atoms with Gasteiger partial charge in [0.1, 0.15) is 5.56 Å². The average Bonchev–Trinajstić information content (AvgIpc) is 2.50. The van der Waals surface area contributed by atoms with Gasteiger partial charge in [-0.2, -0.15) is 0 Å². The van der Waals surface area contributed by atoms with Crippen LogP contribution in [0.1, 0.15) is 24.2 Å². The fourth-order valence-electron chi connectivity index (χ4n) is 1.76. The van der Waals surface area contributed by atoms with Crippen molar-refractivity contribution in [1.82, 2.24) is 5.32 Å². The Morgan fingerprint density at radius 3 is 2.26 bits per heavy atom. The van der Waals surface area contributed by atoms with Gasteiger partial charge in [-0.25, -0.2) is 4.79 Å². The number of hydrogen-bond acceptors (Lipinski definition) is 7. The molecule has 9 heteroatoms. The minimum absolute atomic E-state index is 0.105. The van der Waals surface area contributed by atoms with Crippen molar-refractivity contribution < 1.29 is 28.7 Å². The monoisotopic (exact) mass is 326 g/mol. The van der Waals surface area contributed by atoms with Crippen LogP contribution in [-0.2, 0) is 9.53 Å². The number of methoxy groups -OCH3 is 2. The van der Waals surface area contributed by atoms with Crippen molar-refractivity contribution >= 4 is 17.6 Å². The molecule has 0 unspecified atom stereocenters.